The molecule has 2 rings (SSSR count). The van der Waals surface area contributed by atoms with Crippen molar-refractivity contribution in [3.63, 3.8) is 0 Å². The van der Waals surface area contributed by atoms with Gasteiger partial charge in [0, 0.05) is 19.3 Å². The lowest BCUT2D eigenvalue weighted by atomic mass is 10.0. The second-order valence-corrected chi connectivity index (χ2v) is 5.19. The van der Waals surface area contributed by atoms with E-state index in [1.165, 1.54) is 5.56 Å². The van der Waals surface area contributed by atoms with Crippen LogP contribution in [0.5, 0.6) is 0 Å². The molecule has 0 saturated carbocycles. The summed E-state index contributed by atoms with van der Waals surface area (Å²) in [4.78, 5) is 25.5. The Morgan fingerprint density at radius 2 is 1.95 bits per heavy atom. The fraction of sp³-hybridized carbons (Fsp3) is 0.467. The lowest BCUT2D eigenvalue weighted by Gasteiger charge is -2.17. The Balaban J connectivity index is 2.15. The molecule has 1 saturated heterocycles. The second-order valence-electron chi connectivity index (χ2n) is 5.19. The molecule has 0 radical (unpaired) electrons. The predicted molar refractivity (Wildman–Crippen MR) is 75.1 cm³/mol. The largest absolute Gasteiger partial charge is 0.358 e. The third-order valence-corrected chi connectivity index (χ3v) is 3.64. The van der Waals surface area contributed by atoms with E-state index in [4.69, 9.17) is 0 Å². The number of nitrogens with one attached hydrogen (secondary N) is 1. The molecule has 2 amide bonds. The van der Waals surface area contributed by atoms with E-state index in [0.717, 1.165) is 5.69 Å². The lowest BCUT2D eigenvalue weighted by Crippen LogP contribution is -2.35. The molecule has 0 bridgehead atoms. The third-order valence-electron chi connectivity index (χ3n) is 3.64. The van der Waals surface area contributed by atoms with E-state index < -0.39 is 5.92 Å². The van der Waals surface area contributed by atoms with Gasteiger partial charge in [-0.3, -0.25) is 9.59 Å². The van der Waals surface area contributed by atoms with Crippen LogP contribution in [0, 0.1) is 5.92 Å². The molecule has 4 nitrogen and oxygen atoms in total. The standard InChI is InChI=1S/C15H20N2O2/c1-10(2)11-4-6-12(7-5-11)17-9-8-13(15(17)19)14(18)16-3/h4-7,10,13H,8-9H2,1-3H3,(H,16,18). The average molecular weight is 260 g/mol. The molecule has 1 atom stereocenters. The first-order valence-electron chi connectivity index (χ1n) is 6.67. The van der Waals surface area contributed by atoms with Crippen LogP contribution in [0.25, 0.3) is 0 Å². The summed E-state index contributed by atoms with van der Waals surface area (Å²) in [5, 5.41) is 2.55. The number of nitrogens with zero attached hydrogens (tertiary/aromatic N) is 1. The monoisotopic (exact) mass is 260 g/mol. The molecule has 1 aromatic rings. The Morgan fingerprint density at radius 1 is 1.32 bits per heavy atom. The van der Waals surface area contributed by atoms with Gasteiger partial charge in [-0.05, 0) is 30.0 Å². The van der Waals surface area contributed by atoms with Gasteiger partial charge in [0.15, 0.2) is 0 Å². The maximum atomic E-state index is 12.2. The zero-order chi connectivity index (χ0) is 14.0. The molecule has 1 unspecified atom stereocenters. The normalized spacial score (nSPS) is 19.1. The van der Waals surface area contributed by atoms with Gasteiger partial charge in [0.25, 0.3) is 0 Å². The van der Waals surface area contributed by atoms with E-state index in [1.54, 1.807) is 11.9 Å². The van der Waals surface area contributed by atoms with Crippen molar-refractivity contribution in [3.8, 4) is 0 Å². The maximum Gasteiger partial charge on any atom is 0.239 e. The van der Waals surface area contributed by atoms with E-state index in [2.05, 4.69) is 19.2 Å². The van der Waals surface area contributed by atoms with Crippen LogP contribution in [0.3, 0.4) is 0 Å². The summed E-state index contributed by atoms with van der Waals surface area (Å²) in [6.07, 6.45) is 0.588. The summed E-state index contributed by atoms with van der Waals surface area (Å²) in [6, 6.07) is 8.00. The van der Waals surface area contributed by atoms with Crippen molar-refractivity contribution in [1.29, 1.82) is 0 Å². The number of hydrogen-bond donors (Lipinski definition) is 1. The average Bonchev–Trinajstić information content (AvgIpc) is 2.80. The Labute approximate surface area is 113 Å². The van der Waals surface area contributed by atoms with Crippen LogP contribution in [0.4, 0.5) is 5.69 Å². The molecule has 1 aliphatic heterocycles. The van der Waals surface area contributed by atoms with E-state index in [0.29, 0.717) is 18.9 Å². The van der Waals surface area contributed by atoms with Gasteiger partial charge in [-0.25, -0.2) is 0 Å². The number of anilines is 1. The van der Waals surface area contributed by atoms with Gasteiger partial charge in [0.1, 0.15) is 5.92 Å². The Hall–Kier alpha value is -1.84. The highest BCUT2D eigenvalue weighted by Gasteiger charge is 2.36. The Kier molecular flexibility index (Phi) is 3.88. The van der Waals surface area contributed by atoms with Crippen LogP contribution in [-0.2, 0) is 9.59 Å². The summed E-state index contributed by atoms with van der Waals surface area (Å²) in [5.74, 6) is -0.348. The minimum Gasteiger partial charge on any atom is -0.358 e. The van der Waals surface area contributed by atoms with Gasteiger partial charge < -0.3 is 10.2 Å². The zero-order valence-corrected chi connectivity index (χ0v) is 11.6. The summed E-state index contributed by atoms with van der Waals surface area (Å²) < 4.78 is 0. The molecule has 1 heterocycles. The minimum absolute atomic E-state index is 0.100. The lowest BCUT2D eigenvalue weighted by molar-refractivity contribution is -0.131. The molecule has 0 aliphatic carbocycles. The molecular weight excluding hydrogens is 240 g/mol. The second kappa shape index (κ2) is 5.43. The number of carbonyl (C=O) groups excluding carboxylic acids is 2. The van der Waals surface area contributed by atoms with Crippen molar-refractivity contribution in [1.82, 2.24) is 5.32 Å². The molecule has 0 spiro atoms. The molecule has 1 N–H and O–H groups in total. The number of benzene rings is 1. The zero-order valence-electron chi connectivity index (χ0n) is 11.6. The summed E-state index contributed by atoms with van der Waals surface area (Å²) in [6.45, 7) is 4.88. The fourth-order valence-electron chi connectivity index (χ4n) is 2.39. The Morgan fingerprint density at radius 3 is 2.47 bits per heavy atom. The van der Waals surface area contributed by atoms with E-state index in [9.17, 15) is 9.59 Å². The van der Waals surface area contributed by atoms with Crippen LogP contribution in [0.2, 0.25) is 0 Å². The summed E-state index contributed by atoms with van der Waals surface area (Å²) in [5.41, 5.74) is 2.12. The first-order chi connectivity index (χ1) is 9.04. The number of carbonyl (C=O) groups is 2. The summed E-state index contributed by atoms with van der Waals surface area (Å²) >= 11 is 0. The highest BCUT2D eigenvalue weighted by atomic mass is 16.2. The highest BCUT2D eigenvalue weighted by Crippen LogP contribution is 2.26. The predicted octanol–water partition coefficient (Wildman–Crippen LogP) is 1.91. The van der Waals surface area contributed by atoms with Crippen molar-refractivity contribution in [2.45, 2.75) is 26.2 Å². The molecule has 1 aliphatic rings. The molecule has 1 fully saturated rings. The van der Waals surface area contributed by atoms with Crippen molar-refractivity contribution in [2.24, 2.45) is 5.92 Å². The highest BCUT2D eigenvalue weighted by molar-refractivity contribution is 6.09. The molecular formula is C15H20N2O2. The van der Waals surface area contributed by atoms with Gasteiger partial charge in [-0.1, -0.05) is 26.0 Å². The van der Waals surface area contributed by atoms with Gasteiger partial charge in [0.05, 0.1) is 0 Å². The molecule has 1 aromatic carbocycles. The van der Waals surface area contributed by atoms with Crippen LogP contribution in [0.15, 0.2) is 24.3 Å². The first kappa shape index (κ1) is 13.6. The number of amides is 2. The van der Waals surface area contributed by atoms with E-state index >= 15 is 0 Å². The van der Waals surface area contributed by atoms with Gasteiger partial charge in [-0.2, -0.15) is 0 Å². The van der Waals surface area contributed by atoms with Crippen LogP contribution in [0.1, 0.15) is 31.7 Å². The van der Waals surface area contributed by atoms with Crippen LogP contribution in [-0.4, -0.2) is 25.4 Å². The van der Waals surface area contributed by atoms with E-state index in [1.807, 2.05) is 24.3 Å². The molecule has 19 heavy (non-hydrogen) atoms. The Bertz CT molecular complexity index is 479. The van der Waals surface area contributed by atoms with E-state index in [-0.39, 0.29) is 11.8 Å². The van der Waals surface area contributed by atoms with Crippen molar-refractivity contribution in [2.75, 3.05) is 18.5 Å². The quantitative estimate of drug-likeness (QED) is 0.844. The van der Waals surface area contributed by atoms with Crippen molar-refractivity contribution in [3.05, 3.63) is 29.8 Å². The molecule has 4 heteroatoms. The SMILES string of the molecule is CNC(=O)C1CCN(c2ccc(C(C)C)cc2)C1=O. The number of hydrogen-bond acceptors (Lipinski definition) is 2. The van der Waals surface area contributed by atoms with Crippen molar-refractivity contribution >= 4 is 17.5 Å². The fourth-order valence-corrected chi connectivity index (χ4v) is 2.39. The van der Waals surface area contributed by atoms with Gasteiger partial charge in [0.2, 0.25) is 11.8 Å². The van der Waals surface area contributed by atoms with Crippen molar-refractivity contribution < 1.29 is 9.59 Å². The van der Waals surface area contributed by atoms with Crippen LogP contribution < -0.4 is 10.2 Å². The molecule has 0 aromatic heterocycles. The topological polar surface area (TPSA) is 49.4 Å². The third kappa shape index (κ3) is 2.62. The van der Waals surface area contributed by atoms with Gasteiger partial charge in [-0.15, -0.1) is 0 Å². The maximum absolute atomic E-state index is 12.2. The summed E-state index contributed by atoms with van der Waals surface area (Å²) in [7, 11) is 1.57. The van der Waals surface area contributed by atoms with Crippen LogP contribution >= 0.6 is 0 Å². The first-order valence-corrected chi connectivity index (χ1v) is 6.67. The minimum atomic E-state index is -0.533. The van der Waals surface area contributed by atoms with Gasteiger partial charge >= 0.3 is 0 Å². The number of rotatable bonds is 3. The molecule has 102 valence electrons. The smallest absolute Gasteiger partial charge is 0.239 e.